The van der Waals surface area contributed by atoms with Gasteiger partial charge in [-0.05, 0) is 12.1 Å². The Balaban J connectivity index is 2.06. The third kappa shape index (κ3) is 1.94. The monoisotopic (exact) mass is 189 g/mol. The molecule has 0 saturated carbocycles. The van der Waals surface area contributed by atoms with Crippen LogP contribution < -0.4 is 5.73 Å². The highest BCUT2D eigenvalue weighted by Crippen LogP contribution is 2.10. The van der Waals surface area contributed by atoms with Crippen molar-refractivity contribution < 1.29 is 0 Å². The molecule has 2 aromatic rings. The average molecular weight is 189 g/mol. The van der Waals surface area contributed by atoms with E-state index in [1.54, 1.807) is 12.4 Å². The second-order valence-electron chi connectivity index (χ2n) is 3.03. The number of pyridine rings is 1. The number of H-pyrrole nitrogens is 1. The van der Waals surface area contributed by atoms with Crippen LogP contribution in [0.1, 0.15) is 17.4 Å². The van der Waals surface area contributed by atoms with Crippen molar-refractivity contribution in [1.29, 1.82) is 0 Å². The molecule has 72 valence electrons. The summed E-state index contributed by atoms with van der Waals surface area (Å²) in [5, 5.41) is 10.2. The molecule has 3 N–H and O–H groups in total. The van der Waals surface area contributed by atoms with Gasteiger partial charge in [0.15, 0.2) is 0 Å². The number of nitrogens with two attached hydrogens (primary N) is 1. The van der Waals surface area contributed by atoms with Gasteiger partial charge < -0.3 is 5.73 Å². The summed E-state index contributed by atoms with van der Waals surface area (Å²) in [5.41, 5.74) is 7.63. The summed E-state index contributed by atoms with van der Waals surface area (Å²) in [4.78, 5) is 4.19. The number of aromatic amines is 1. The van der Waals surface area contributed by atoms with Gasteiger partial charge in [0.05, 0.1) is 17.9 Å². The van der Waals surface area contributed by atoms with Crippen LogP contribution in [0, 0.1) is 0 Å². The maximum absolute atomic E-state index is 5.91. The van der Waals surface area contributed by atoms with Crippen LogP contribution in [0.25, 0.3) is 0 Å². The Morgan fingerprint density at radius 3 is 3.00 bits per heavy atom. The highest BCUT2D eigenvalue weighted by molar-refractivity contribution is 5.09. The molecule has 14 heavy (non-hydrogen) atoms. The molecule has 2 aromatic heterocycles. The van der Waals surface area contributed by atoms with Crippen molar-refractivity contribution in [2.45, 2.75) is 12.5 Å². The van der Waals surface area contributed by atoms with Gasteiger partial charge in [0.2, 0.25) is 0 Å². The average Bonchev–Trinajstić information content (AvgIpc) is 2.72. The smallest absolute Gasteiger partial charge is 0.0995 e. The van der Waals surface area contributed by atoms with Crippen LogP contribution in [-0.2, 0) is 6.42 Å². The highest BCUT2D eigenvalue weighted by atomic mass is 15.3. The van der Waals surface area contributed by atoms with E-state index in [1.807, 2.05) is 18.2 Å². The Morgan fingerprint density at radius 2 is 2.36 bits per heavy atom. The molecule has 0 aromatic carbocycles. The molecule has 0 spiro atoms. The SMILES string of the molecule is NC(Cc1ccccn1)c1cn[nH]n1. The van der Waals surface area contributed by atoms with E-state index in [-0.39, 0.29) is 6.04 Å². The van der Waals surface area contributed by atoms with Crippen molar-refractivity contribution in [2.24, 2.45) is 5.73 Å². The first-order chi connectivity index (χ1) is 6.86. The van der Waals surface area contributed by atoms with Gasteiger partial charge in [-0.1, -0.05) is 6.07 Å². The van der Waals surface area contributed by atoms with Crippen LogP contribution in [0.4, 0.5) is 0 Å². The second kappa shape index (κ2) is 3.97. The third-order valence-corrected chi connectivity index (χ3v) is 1.97. The lowest BCUT2D eigenvalue weighted by atomic mass is 10.1. The molecule has 0 fully saturated rings. The molecule has 0 aliphatic rings. The number of hydrogen-bond acceptors (Lipinski definition) is 4. The molecular weight excluding hydrogens is 178 g/mol. The molecule has 5 heteroatoms. The van der Waals surface area contributed by atoms with E-state index >= 15 is 0 Å². The Bertz CT molecular complexity index is 369. The van der Waals surface area contributed by atoms with Crippen LogP contribution in [0.5, 0.6) is 0 Å². The van der Waals surface area contributed by atoms with Crippen molar-refractivity contribution >= 4 is 0 Å². The van der Waals surface area contributed by atoms with Gasteiger partial charge >= 0.3 is 0 Å². The van der Waals surface area contributed by atoms with E-state index in [9.17, 15) is 0 Å². The largest absolute Gasteiger partial charge is 0.322 e. The summed E-state index contributed by atoms with van der Waals surface area (Å²) in [6.45, 7) is 0. The zero-order valence-electron chi connectivity index (χ0n) is 7.59. The molecule has 0 bridgehead atoms. The van der Waals surface area contributed by atoms with E-state index in [2.05, 4.69) is 20.4 Å². The van der Waals surface area contributed by atoms with E-state index in [0.29, 0.717) is 6.42 Å². The van der Waals surface area contributed by atoms with Crippen LogP contribution in [0.3, 0.4) is 0 Å². The van der Waals surface area contributed by atoms with Gasteiger partial charge in [-0.25, -0.2) is 0 Å². The molecule has 0 aliphatic heterocycles. The van der Waals surface area contributed by atoms with Crippen molar-refractivity contribution in [3.05, 3.63) is 42.0 Å². The molecule has 2 rings (SSSR count). The molecule has 2 heterocycles. The van der Waals surface area contributed by atoms with Gasteiger partial charge in [0.1, 0.15) is 0 Å². The minimum atomic E-state index is -0.149. The fourth-order valence-corrected chi connectivity index (χ4v) is 1.24. The predicted molar refractivity (Wildman–Crippen MR) is 51.3 cm³/mol. The van der Waals surface area contributed by atoms with Gasteiger partial charge in [-0.2, -0.15) is 15.4 Å². The number of nitrogens with one attached hydrogen (secondary N) is 1. The maximum Gasteiger partial charge on any atom is 0.0995 e. The Kier molecular flexibility index (Phi) is 2.51. The summed E-state index contributed by atoms with van der Waals surface area (Å²) in [6, 6.07) is 5.62. The van der Waals surface area contributed by atoms with Gasteiger partial charge in [-0.3, -0.25) is 4.98 Å². The van der Waals surface area contributed by atoms with Crippen molar-refractivity contribution in [2.75, 3.05) is 0 Å². The van der Waals surface area contributed by atoms with Crippen LogP contribution in [0.2, 0.25) is 0 Å². The minimum absolute atomic E-state index is 0.149. The highest BCUT2D eigenvalue weighted by Gasteiger charge is 2.09. The first-order valence-electron chi connectivity index (χ1n) is 4.37. The minimum Gasteiger partial charge on any atom is -0.322 e. The maximum atomic E-state index is 5.91. The molecule has 0 radical (unpaired) electrons. The summed E-state index contributed by atoms with van der Waals surface area (Å²) >= 11 is 0. The Labute approximate surface area is 81.4 Å². The van der Waals surface area contributed by atoms with Crippen LogP contribution >= 0.6 is 0 Å². The van der Waals surface area contributed by atoms with Crippen molar-refractivity contribution in [3.63, 3.8) is 0 Å². The summed E-state index contributed by atoms with van der Waals surface area (Å²) in [7, 11) is 0. The number of nitrogens with zero attached hydrogens (tertiary/aromatic N) is 3. The van der Waals surface area contributed by atoms with Gasteiger partial charge in [0, 0.05) is 18.3 Å². The fourth-order valence-electron chi connectivity index (χ4n) is 1.24. The van der Waals surface area contributed by atoms with Gasteiger partial charge in [0.25, 0.3) is 0 Å². The fraction of sp³-hybridized carbons (Fsp3) is 0.222. The second-order valence-corrected chi connectivity index (χ2v) is 3.03. The normalized spacial score (nSPS) is 12.6. The molecule has 5 nitrogen and oxygen atoms in total. The van der Waals surface area contributed by atoms with E-state index < -0.39 is 0 Å². The number of aromatic nitrogens is 4. The van der Waals surface area contributed by atoms with Crippen molar-refractivity contribution in [1.82, 2.24) is 20.4 Å². The van der Waals surface area contributed by atoms with Gasteiger partial charge in [-0.15, -0.1) is 0 Å². The lowest BCUT2D eigenvalue weighted by Gasteiger charge is -2.06. The molecule has 0 amide bonds. The van der Waals surface area contributed by atoms with Crippen molar-refractivity contribution in [3.8, 4) is 0 Å². The lowest BCUT2D eigenvalue weighted by Crippen LogP contribution is -2.14. The zero-order valence-corrected chi connectivity index (χ0v) is 7.59. The summed E-state index contributed by atoms with van der Waals surface area (Å²) in [5.74, 6) is 0. The molecule has 0 aliphatic carbocycles. The molecule has 0 saturated heterocycles. The quantitative estimate of drug-likeness (QED) is 0.734. The molecule has 1 atom stereocenters. The first kappa shape index (κ1) is 8.83. The summed E-state index contributed by atoms with van der Waals surface area (Å²) in [6.07, 6.45) is 4.06. The van der Waals surface area contributed by atoms with E-state index in [4.69, 9.17) is 5.73 Å². The Hall–Kier alpha value is -1.75. The first-order valence-corrected chi connectivity index (χ1v) is 4.37. The zero-order chi connectivity index (χ0) is 9.80. The Morgan fingerprint density at radius 1 is 1.43 bits per heavy atom. The number of hydrogen-bond donors (Lipinski definition) is 2. The predicted octanol–water partition coefficient (Wildman–Crippen LogP) is 0.442. The summed E-state index contributed by atoms with van der Waals surface area (Å²) < 4.78 is 0. The van der Waals surface area contributed by atoms with Crippen LogP contribution in [0.15, 0.2) is 30.6 Å². The van der Waals surface area contributed by atoms with E-state index in [1.165, 1.54) is 0 Å². The lowest BCUT2D eigenvalue weighted by molar-refractivity contribution is 0.679. The molecule has 1 unspecified atom stereocenters. The number of rotatable bonds is 3. The van der Waals surface area contributed by atoms with E-state index in [0.717, 1.165) is 11.4 Å². The topological polar surface area (TPSA) is 80.5 Å². The molecular formula is C9H11N5. The third-order valence-electron chi connectivity index (χ3n) is 1.97. The standard InChI is InChI=1S/C9H11N5/c10-8(9-6-12-14-13-9)5-7-3-1-2-4-11-7/h1-4,6,8H,5,10H2,(H,12,13,14). The van der Waals surface area contributed by atoms with Crippen LogP contribution in [-0.4, -0.2) is 20.4 Å².